The third kappa shape index (κ3) is 2.03. The molecule has 0 radical (unpaired) electrons. The summed E-state index contributed by atoms with van der Waals surface area (Å²) in [4.78, 5) is 29.4. The van der Waals surface area contributed by atoms with Gasteiger partial charge in [-0.15, -0.1) is 0 Å². The van der Waals surface area contributed by atoms with Crippen molar-refractivity contribution in [2.75, 3.05) is 18.6 Å². The largest absolute Gasteiger partial charge is 0.497 e. The van der Waals surface area contributed by atoms with Crippen molar-refractivity contribution in [2.24, 2.45) is 0 Å². The molecule has 2 atom stereocenters. The number of nitrogens with zero attached hydrogens (tertiary/aromatic N) is 2. The van der Waals surface area contributed by atoms with Crippen LogP contribution in [0.3, 0.4) is 0 Å². The summed E-state index contributed by atoms with van der Waals surface area (Å²) in [7, 11) is 1.64. The zero-order valence-electron chi connectivity index (χ0n) is 14.6. The van der Waals surface area contributed by atoms with E-state index in [0.717, 1.165) is 47.5 Å². The van der Waals surface area contributed by atoms with Gasteiger partial charge < -0.3 is 14.5 Å². The summed E-state index contributed by atoms with van der Waals surface area (Å²) in [5, 5.41) is 0. The van der Waals surface area contributed by atoms with Crippen LogP contribution < -0.4 is 9.64 Å². The van der Waals surface area contributed by atoms with E-state index in [9.17, 15) is 9.59 Å². The number of fused-ring (bicyclic) bond motifs is 5. The van der Waals surface area contributed by atoms with Crippen molar-refractivity contribution in [1.29, 1.82) is 0 Å². The lowest BCUT2D eigenvalue weighted by molar-refractivity contribution is -0.130. The highest BCUT2D eigenvalue weighted by Crippen LogP contribution is 2.51. The summed E-state index contributed by atoms with van der Waals surface area (Å²) in [6.07, 6.45) is 2.24. The predicted molar refractivity (Wildman–Crippen MR) is 97.3 cm³/mol. The van der Waals surface area contributed by atoms with Crippen LogP contribution in [0.1, 0.15) is 52.8 Å². The Hall–Kier alpha value is -2.82. The molecule has 0 saturated carbocycles. The van der Waals surface area contributed by atoms with Crippen LogP contribution in [-0.2, 0) is 4.79 Å². The molecule has 0 spiro atoms. The maximum atomic E-state index is 13.1. The molecule has 3 aliphatic rings. The van der Waals surface area contributed by atoms with Gasteiger partial charge in [-0.05, 0) is 42.7 Å². The molecule has 2 unspecified atom stereocenters. The van der Waals surface area contributed by atoms with Crippen molar-refractivity contribution < 1.29 is 14.3 Å². The summed E-state index contributed by atoms with van der Waals surface area (Å²) >= 11 is 0. The lowest BCUT2D eigenvalue weighted by Gasteiger charge is -2.41. The molecule has 132 valence electrons. The lowest BCUT2D eigenvalue weighted by Crippen LogP contribution is -2.40. The molecule has 0 aliphatic carbocycles. The van der Waals surface area contributed by atoms with Gasteiger partial charge in [0.25, 0.3) is 5.91 Å². The van der Waals surface area contributed by atoms with Crippen LogP contribution >= 0.6 is 0 Å². The van der Waals surface area contributed by atoms with Crippen LogP contribution in [0.25, 0.3) is 0 Å². The maximum Gasteiger partial charge on any atom is 0.259 e. The average Bonchev–Trinajstić information content (AvgIpc) is 3.22. The second-order valence-corrected chi connectivity index (χ2v) is 7.15. The summed E-state index contributed by atoms with van der Waals surface area (Å²) < 4.78 is 5.41. The second kappa shape index (κ2) is 5.59. The molecular formula is C21H20N2O3. The third-order valence-electron chi connectivity index (χ3n) is 5.87. The number of benzene rings is 2. The van der Waals surface area contributed by atoms with E-state index in [1.54, 1.807) is 7.11 Å². The van der Waals surface area contributed by atoms with Crippen LogP contribution in [-0.4, -0.2) is 30.4 Å². The van der Waals surface area contributed by atoms with Gasteiger partial charge in [-0.3, -0.25) is 9.59 Å². The summed E-state index contributed by atoms with van der Waals surface area (Å²) in [5.41, 5.74) is 3.74. The standard InChI is InChI=1S/C21H20N2O3/c1-26-13-8-9-17-16(11-13)18(22-10-4-7-20(22)24)12-19-14-5-2-3-6-15(14)21(25)23(17)19/h2-3,5-6,8-9,11,18-19H,4,7,10,12H2,1H3. The van der Waals surface area contributed by atoms with Gasteiger partial charge in [0.05, 0.1) is 24.9 Å². The van der Waals surface area contributed by atoms with Gasteiger partial charge in [0, 0.05) is 24.1 Å². The molecule has 2 amide bonds. The highest BCUT2D eigenvalue weighted by Gasteiger charge is 2.46. The van der Waals surface area contributed by atoms with E-state index in [-0.39, 0.29) is 23.9 Å². The predicted octanol–water partition coefficient (Wildman–Crippen LogP) is 3.46. The molecule has 0 aromatic heterocycles. The first-order valence-electron chi connectivity index (χ1n) is 9.09. The molecule has 1 saturated heterocycles. The number of carbonyl (C=O) groups is 2. The van der Waals surface area contributed by atoms with E-state index in [4.69, 9.17) is 4.74 Å². The van der Waals surface area contributed by atoms with Crippen molar-refractivity contribution in [1.82, 2.24) is 4.90 Å². The number of likely N-dealkylation sites (tertiary alicyclic amines) is 1. The van der Waals surface area contributed by atoms with Crippen molar-refractivity contribution in [3.63, 3.8) is 0 Å². The molecule has 3 heterocycles. The highest BCUT2D eigenvalue weighted by molar-refractivity contribution is 6.12. The fourth-order valence-electron chi connectivity index (χ4n) is 4.68. The van der Waals surface area contributed by atoms with Crippen LogP contribution in [0.5, 0.6) is 5.75 Å². The number of hydrogen-bond donors (Lipinski definition) is 0. The third-order valence-corrected chi connectivity index (χ3v) is 5.87. The van der Waals surface area contributed by atoms with E-state index >= 15 is 0 Å². The average molecular weight is 348 g/mol. The van der Waals surface area contributed by atoms with Crippen molar-refractivity contribution in [3.05, 3.63) is 59.2 Å². The fraction of sp³-hybridized carbons (Fsp3) is 0.333. The summed E-state index contributed by atoms with van der Waals surface area (Å²) in [6, 6.07) is 13.6. The van der Waals surface area contributed by atoms with E-state index in [2.05, 4.69) is 0 Å². The first kappa shape index (κ1) is 15.4. The van der Waals surface area contributed by atoms with Crippen molar-refractivity contribution in [3.8, 4) is 5.75 Å². The Balaban J connectivity index is 1.68. The first-order chi connectivity index (χ1) is 12.7. The van der Waals surface area contributed by atoms with E-state index in [1.807, 2.05) is 52.3 Å². The SMILES string of the molecule is COc1ccc2c(c1)C(N1CCCC1=O)CC1c3ccccc3C(=O)N21. The highest BCUT2D eigenvalue weighted by atomic mass is 16.5. The molecule has 0 N–H and O–H groups in total. The van der Waals surface area contributed by atoms with E-state index in [0.29, 0.717) is 6.42 Å². The monoisotopic (exact) mass is 348 g/mol. The van der Waals surface area contributed by atoms with Gasteiger partial charge in [-0.2, -0.15) is 0 Å². The minimum Gasteiger partial charge on any atom is -0.497 e. The molecule has 0 bridgehead atoms. The first-order valence-corrected chi connectivity index (χ1v) is 9.09. The van der Waals surface area contributed by atoms with Crippen LogP contribution in [0, 0.1) is 0 Å². The van der Waals surface area contributed by atoms with Gasteiger partial charge >= 0.3 is 0 Å². The summed E-state index contributed by atoms with van der Waals surface area (Å²) in [5.74, 6) is 1.00. The van der Waals surface area contributed by atoms with Crippen molar-refractivity contribution >= 4 is 17.5 Å². The number of anilines is 1. The quantitative estimate of drug-likeness (QED) is 0.835. The van der Waals surface area contributed by atoms with Gasteiger partial charge in [0.1, 0.15) is 5.75 Å². The molecule has 2 aromatic carbocycles. The van der Waals surface area contributed by atoms with Crippen LogP contribution in [0.15, 0.2) is 42.5 Å². The zero-order chi connectivity index (χ0) is 17.8. The number of rotatable bonds is 2. The summed E-state index contributed by atoms with van der Waals surface area (Å²) in [6.45, 7) is 0.780. The van der Waals surface area contributed by atoms with E-state index < -0.39 is 0 Å². The van der Waals surface area contributed by atoms with Gasteiger partial charge in [-0.25, -0.2) is 0 Å². The fourth-order valence-corrected chi connectivity index (χ4v) is 4.68. The maximum absolute atomic E-state index is 13.1. The number of amides is 2. The Morgan fingerprint density at radius 2 is 1.88 bits per heavy atom. The topological polar surface area (TPSA) is 49.9 Å². The number of hydrogen-bond acceptors (Lipinski definition) is 3. The smallest absolute Gasteiger partial charge is 0.259 e. The van der Waals surface area contributed by atoms with Gasteiger partial charge in [-0.1, -0.05) is 18.2 Å². The zero-order valence-corrected chi connectivity index (χ0v) is 14.6. The van der Waals surface area contributed by atoms with Crippen LogP contribution in [0.4, 0.5) is 5.69 Å². The van der Waals surface area contributed by atoms with Gasteiger partial charge in [0.15, 0.2) is 0 Å². The second-order valence-electron chi connectivity index (χ2n) is 7.15. The Morgan fingerprint density at radius 3 is 2.65 bits per heavy atom. The molecule has 3 aliphatic heterocycles. The molecular weight excluding hydrogens is 328 g/mol. The minimum atomic E-state index is -0.0182. The molecule has 26 heavy (non-hydrogen) atoms. The molecule has 5 nitrogen and oxygen atoms in total. The lowest BCUT2D eigenvalue weighted by atomic mass is 9.88. The van der Waals surface area contributed by atoms with Crippen LogP contribution in [0.2, 0.25) is 0 Å². The molecule has 1 fully saturated rings. The Morgan fingerprint density at radius 1 is 1.04 bits per heavy atom. The molecule has 5 rings (SSSR count). The minimum absolute atomic E-state index is 0.0157. The molecule has 5 heteroatoms. The number of ether oxygens (including phenoxy) is 1. The molecule has 2 aromatic rings. The Bertz CT molecular complexity index is 923. The Kier molecular flexibility index (Phi) is 3.32. The van der Waals surface area contributed by atoms with Crippen molar-refractivity contribution in [2.45, 2.75) is 31.3 Å². The Labute approximate surface area is 152 Å². The number of methoxy groups -OCH3 is 1. The number of carbonyl (C=O) groups excluding carboxylic acids is 2. The normalized spacial score (nSPS) is 23.7. The van der Waals surface area contributed by atoms with Gasteiger partial charge in [0.2, 0.25) is 5.91 Å². The van der Waals surface area contributed by atoms with E-state index in [1.165, 1.54) is 0 Å².